The predicted octanol–water partition coefficient (Wildman–Crippen LogP) is 3.02. The van der Waals surface area contributed by atoms with Crippen molar-refractivity contribution in [3.63, 3.8) is 0 Å². The molecule has 0 aliphatic carbocycles. The maximum absolute atomic E-state index is 12.8. The first-order valence-corrected chi connectivity index (χ1v) is 11.4. The second-order valence-corrected chi connectivity index (χ2v) is 8.81. The van der Waals surface area contributed by atoms with Gasteiger partial charge in [-0.05, 0) is 62.9 Å². The minimum atomic E-state index is 0.0392. The molecule has 2 aliphatic rings. The molecule has 1 N–H and O–H groups in total. The van der Waals surface area contributed by atoms with E-state index >= 15 is 0 Å². The Hall–Kier alpha value is -2.73. The third-order valence-electron chi connectivity index (χ3n) is 6.55. The summed E-state index contributed by atoms with van der Waals surface area (Å²) in [5.41, 5.74) is 2.91. The first-order chi connectivity index (χ1) is 15.1. The quantitative estimate of drug-likeness (QED) is 0.808. The zero-order valence-electron chi connectivity index (χ0n) is 18.3. The van der Waals surface area contributed by atoms with Crippen LogP contribution in [0.4, 0.5) is 0 Å². The van der Waals surface area contributed by atoms with Crippen LogP contribution in [0.15, 0.2) is 48.8 Å². The highest BCUT2D eigenvalue weighted by Crippen LogP contribution is 2.25. The van der Waals surface area contributed by atoms with Crippen LogP contribution in [-0.2, 0) is 11.3 Å². The van der Waals surface area contributed by atoms with Gasteiger partial charge in [-0.25, -0.2) is 0 Å². The average molecular weight is 421 g/mol. The number of pyridine rings is 1. The molecule has 2 aromatic rings. The monoisotopic (exact) mass is 420 g/mol. The van der Waals surface area contributed by atoms with E-state index in [0.717, 1.165) is 68.6 Å². The lowest BCUT2D eigenvalue weighted by atomic mass is 9.93. The average Bonchev–Trinajstić information content (AvgIpc) is 2.83. The van der Waals surface area contributed by atoms with E-state index in [4.69, 9.17) is 0 Å². The molecular formula is C25H32N4O2. The van der Waals surface area contributed by atoms with Crippen molar-refractivity contribution < 1.29 is 9.59 Å². The molecule has 2 fully saturated rings. The highest BCUT2D eigenvalue weighted by molar-refractivity contribution is 5.94. The van der Waals surface area contributed by atoms with Crippen molar-refractivity contribution in [3.8, 4) is 0 Å². The van der Waals surface area contributed by atoms with Crippen molar-refractivity contribution >= 4 is 11.8 Å². The molecule has 3 heterocycles. The number of carbonyl (C=O) groups excluding carboxylic acids is 2. The van der Waals surface area contributed by atoms with E-state index in [2.05, 4.69) is 15.2 Å². The second kappa shape index (κ2) is 10.1. The number of piperidine rings is 2. The van der Waals surface area contributed by atoms with Gasteiger partial charge in [0.15, 0.2) is 0 Å². The van der Waals surface area contributed by atoms with Crippen molar-refractivity contribution in [1.82, 2.24) is 20.1 Å². The molecule has 1 aromatic carbocycles. The number of amides is 2. The van der Waals surface area contributed by atoms with Gasteiger partial charge in [-0.3, -0.25) is 19.5 Å². The first kappa shape index (κ1) is 21.5. The van der Waals surface area contributed by atoms with Gasteiger partial charge in [0.25, 0.3) is 5.91 Å². The summed E-state index contributed by atoms with van der Waals surface area (Å²) in [7, 11) is 0. The normalized spacial score (nSPS) is 20.4. The Morgan fingerprint density at radius 2 is 1.94 bits per heavy atom. The summed E-state index contributed by atoms with van der Waals surface area (Å²) < 4.78 is 0. The zero-order chi connectivity index (χ0) is 21.6. The minimum Gasteiger partial charge on any atom is -0.352 e. The standard InChI is InChI=1S/C25H32N4O2/c1-19-5-2-7-21(15-19)25(31)28-13-9-23(10-14-28)29-12-4-8-22(18-29)24(30)27-17-20-6-3-11-26-16-20/h2-3,5-7,11,15-16,22-23H,4,8-10,12-14,17-18H2,1H3,(H,27,30)/t22-/m1/s1. The van der Waals surface area contributed by atoms with Gasteiger partial charge in [-0.1, -0.05) is 23.8 Å². The molecule has 2 saturated heterocycles. The van der Waals surface area contributed by atoms with E-state index in [9.17, 15) is 9.59 Å². The van der Waals surface area contributed by atoms with E-state index in [1.54, 1.807) is 12.4 Å². The number of aryl methyl sites for hydroxylation is 1. The molecular weight excluding hydrogens is 388 g/mol. The lowest BCUT2D eigenvalue weighted by Gasteiger charge is -2.42. The van der Waals surface area contributed by atoms with Crippen molar-refractivity contribution in [1.29, 1.82) is 0 Å². The van der Waals surface area contributed by atoms with Crippen LogP contribution >= 0.6 is 0 Å². The topological polar surface area (TPSA) is 65.5 Å². The van der Waals surface area contributed by atoms with E-state index < -0.39 is 0 Å². The SMILES string of the molecule is Cc1cccc(C(=O)N2CCC(N3CCC[C@@H](C(=O)NCc4cccnc4)C3)CC2)c1. The summed E-state index contributed by atoms with van der Waals surface area (Å²) in [4.78, 5) is 34.1. The molecule has 1 aromatic heterocycles. The Labute approximate surface area is 184 Å². The van der Waals surface area contributed by atoms with Crippen molar-refractivity contribution in [2.45, 2.75) is 45.2 Å². The van der Waals surface area contributed by atoms with Gasteiger partial charge in [0.2, 0.25) is 5.91 Å². The number of carbonyl (C=O) groups is 2. The van der Waals surface area contributed by atoms with Crippen LogP contribution in [0.25, 0.3) is 0 Å². The van der Waals surface area contributed by atoms with Crippen LogP contribution in [0.1, 0.15) is 47.2 Å². The molecule has 1 atom stereocenters. The molecule has 164 valence electrons. The van der Waals surface area contributed by atoms with Gasteiger partial charge in [0.1, 0.15) is 0 Å². The summed E-state index contributed by atoms with van der Waals surface area (Å²) >= 11 is 0. The number of rotatable bonds is 5. The number of hydrogen-bond acceptors (Lipinski definition) is 4. The Kier molecular flexibility index (Phi) is 6.97. The summed E-state index contributed by atoms with van der Waals surface area (Å²) in [5, 5.41) is 3.08. The maximum Gasteiger partial charge on any atom is 0.253 e. The second-order valence-electron chi connectivity index (χ2n) is 8.81. The fourth-order valence-corrected chi connectivity index (χ4v) is 4.78. The molecule has 31 heavy (non-hydrogen) atoms. The third kappa shape index (κ3) is 5.50. The largest absolute Gasteiger partial charge is 0.352 e. The molecule has 0 radical (unpaired) electrons. The summed E-state index contributed by atoms with van der Waals surface area (Å²) in [6.07, 6.45) is 7.47. The van der Waals surface area contributed by atoms with Crippen LogP contribution < -0.4 is 5.32 Å². The fraction of sp³-hybridized carbons (Fsp3) is 0.480. The number of hydrogen-bond donors (Lipinski definition) is 1. The molecule has 0 spiro atoms. The number of aromatic nitrogens is 1. The molecule has 6 nitrogen and oxygen atoms in total. The Bertz CT molecular complexity index is 893. The molecule has 0 bridgehead atoms. The molecule has 0 unspecified atom stereocenters. The predicted molar refractivity (Wildman–Crippen MR) is 120 cm³/mol. The summed E-state index contributed by atoms with van der Waals surface area (Å²) in [5.74, 6) is 0.312. The summed E-state index contributed by atoms with van der Waals surface area (Å²) in [6.45, 7) is 5.97. The zero-order valence-corrected chi connectivity index (χ0v) is 18.3. The Balaban J connectivity index is 1.26. The highest BCUT2D eigenvalue weighted by Gasteiger charge is 2.32. The van der Waals surface area contributed by atoms with E-state index in [1.165, 1.54) is 0 Å². The van der Waals surface area contributed by atoms with Crippen LogP contribution in [0, 0.1) is 12.8 Å². The van der Waals surface area contributed by atoms with Gasteiger partial charge in [-0.15, -0.1) is 0 Å². The number of likely N-dealkylation sites (tertiary alicyclic amines) is 2. The van der Waals surface area contributed by atoms with Crippen LogP contribution in [0.5, 0.6) is 0 Å². The molecule has 0 saturated carbocycles. The number of nitrogens with zero attached hydrogens (tertiary/aromatic N) is 3. The lowest BCUT2D eigenvalue weighted by Crippen LogP contribution is -2.51. The van der Waals surface area contributed by atoms with E-state index in [1.807, 2.05) is 48.2 Å². The van der Waals surface area contributed by atoms with E-state index in [0.29, 0.717) is 12.6 Å². The van der Waals surface area contributed by atoms with Crippen molar-refractivity contribution in [2.75, 3.05) is 26.2 Å². The highest BCUT2D eigenvalue weighted by atomic mass is 16.2. The van der Waals surface area contributed by atoms with E-state index in [-0.39, 0.29) is 17.7 Å². The first-order valence-electron chi connectivity index (χ1n) is 11.4. The molecule has 2 amide bonds. The van der Waals surface area contributed by atoms with Crippen LogP contribution in [0.2, 0.25) is 0 Å². The lowest BCUT2D eigenvalue weighted by molar-refractivity contribution is -0.127. The molecule has 2 aliphatic heterocycles. The van der Waals surface area contributed by atoms with Crippen LogP contribution in [-0.4, -0.2) is 58.8 Å². The minimum absolute atomic E-state index is 0.0392. The van der Waals surface area contributed by atoms with Crippen molar-refractivity contribution in [2.24, 2.45) is 5.92 Å². The Morgan fingerprint density at radius 1 is 1.10 bits per heavy atom. The molecule has 6 heteroatoms. The Morgan fingerprint density at radius 3 is 2.68 bits per heavy atom. The number of nitrogens with one attached hydrogen (secondary N) is 1. The fourth-order valence-electron chi connectivity index (χ4n) is 4.78. The summed E-state index contributed by atoms with van der Waals surface area (Å²) in [6, 6.07) is 12.2. The van der Waals surface area contributed by atoms with Gasteiger partial charge in [0.05, 0.1) is 5.92 Å². The number of benzene rings is 1. The van der Waals surface area contributed by atoms with Gasteiger partial charge in [0, 0.05) is 50.2 Å². The maximum atomic E-state index is 12.8. The van der Waals surface area contributed by atoms with Crippen LogP contribution in [0.3, 0.4) is 0 Å². The van der Waals surface area contributed by atoms with Gasteiger partial charge in [-0.2, -0.15) is 0 Å². The smallest absolute Gasteiger partial charge is 0.253 e. The van der Waals surface area contributed by atoms with Crippen molar-refractivity contribution in [3.05, 3.63) is 65.5 Å². The molecule has 4 rings (SSSR count). The van der Waals surface area contributed by atoms with Gasteiger partial charge < -0.3 is 10.2 Å². The third-order valence-corrected chi connectivity index (χ3v) is 6.55. The van der Waals surface area contributed by atoms with Gasteiger partial charge >= 0.3 is 0 Å².